The second kappa shape index (κ2) is 14.4. The van der Waals surface area contributed by atoms with E-state index in [0.29, 0.717) is 11.1 Å². The number of nitrogens with one attached hydrogen (secondary N) is 2. The third-order valence-corrected chi connectivity index (χ3v) is 7.50. The van der Waals surface area contributed by atoms with Gasteiger partial charge in [0.25, 0.3) is 16.0 Å². The van der Waals surface area contributed by atoms with Crippen molar-refractivity contribution in [2.24, 2.45) is 5.41 Å². The molecule has 1 unspecified atom stereocenters. The van der Waals surface area contributed by atoms with Gasteiger partial charge < -0.3 is 15.4 Å². The first-order valence-electron chi connectivity index (χ1n) is 13.4. The largest absolute Gasteiger partial charge is 0.573 e. The minimum absolute atomic E-state index is 0.00427. The van der Waals surface area contributed by atoms with Gasteiger partial charge in [-0.25, -0.2) is 0 Å². The maximum Gasteiger partial charge on any atom is 0.573 e. The molecule has 0 aliphatic rings. The lowest BCUT2D eigenvalue weighted by Gasteiger charge is -2.19. The molecule has 0 heterocycles. The third kappa shape index (κ3) is 11.8. The fourth-order valence-electron chi connectivity index (χ4n) is 3.99. The van der Waals surface area contributed by atoms with E-state index in [4.69, 9.17) is 4.55 Å². The molecular formula is C31H32BrF3N2O6S. The maximum atomic E-state index is 13.6. The molecule has 0 bridgehead atoms. The summed E-state index contributed by atoms with van der Waals surface area (Å²) in [6, 6.07) is 17.5. The molecule has 3 rings (SSSR count). The molecule has 0 aromatic heterocycles. The van der Waals surface area contributed by atoms with Gasteiger partial charge >= 0.3 is 6.36 Å². The first-order valence-corrected chi connectivity index (χ1v) is 15.8. The number of hydrogen-bond donors (Lipinski definition) is 3. The van der Waals surface area contributed by atoms with Crippen LogP contribution in [0.4, 0.5) is 18.9 Å². The van der Waals surface area contributed by atoms with Crippen LogP contribution in [0.3, 0.4) is 0 Å². The summed E-state index contributed by atoms with van der Waals surface area (Å²) in [6.07, 6.45) is -0.593. The lowest BCUT2D eigenvalue weighted by atomic mass is 9.89. The van der Waals surface area contributed by atoms with Crippen molar-refractivity contribution in [2.45, 2.75) is 39.5 Å². The van der Waals surface area contributed by atoms with Gasteiger partial charge in [0, 0.05) is 17.8 Å². The van der Waals surface area contributed by atoms with Gasteiger partial charge in [0.2, 0.25) is 5.91 Å². The molecule has 0 saturated carbocycles. The smallest absolute Gasteiger partial charge is 0.405 e. The Morgan fingerprint density at radius 1 is 1.00 bits per heavy atom. The molecule has 0 radical (unpaired) electrons. The fourth-order valence-corrected chi connectivity index (χ4v) is 4.81. The van der Waals surface area contributed by atoms with Crippen LogP contribution in [0.1, 0.15) is 53.7 Å². The maximum absolute atomic E-state index is 13.6. The molecule has 3 N–H and O–H groups in total. The van der Waals surface area contributed by atoms with E-state index in [1.165, 1.54) is 24.3 Å². The average molecular weight is 698 g/mol. The zero-order valence-electron chi connectivity index (χ0n) is 24.1. The Bertz CT molecular complexity index is 1600. The van der Waals surface area contributed by atoms with Crippen molar-refractivity contribution in [3.8, 4) is 5.75 Å². The Morgan fingerprint density at radius 2 is 1.64 bits per heavy atom. The van der Waals surface area contributed by atoms with E-state index in [9.17, 15) is 31.2 Å². The Kier molecular flexibility index (Phi) is 11.4. The van der Waals surface area contributed by atoms with Crippen LogP contribution in [-0.2, 0) is 21.3 Å². The number of hydrogen-bond acceptors (Lipinski definition) is 5. The van der Waals surface area contributed by atoms with Crippen molar-refractivity contribution < 1.29 is 40.5 Å². The summed E-state index contributed by atoms with van der Waals surface area (Å²) in [6.45, 7) is 5.97. The van der Waals surface area contributed by atoms with Gasteiger partial charge in [-0.2, -0.15) is 8.42 Å². The average Bonchev–Trinajstić information content (AvgIpc) is 2.91. The molecule has 0 spiro atoms. The van der Waals surface area contributed by atoms with Crippen molar-refractivity contribution >= 4 is 49.6 Å². The molecule has 3 aromatic carbocycles. The van der Waals surface area contributed by atoms with E-state index in [0.717, 1.165) is 11.6 Å². The number of ether oxygens (including phenoxy) is 1. The molecule has 0 fully saturated rings. The highest BCUT2D eigenvalue weighted by Gasteiger charge is 2.32. The fraction of sp³-hybridized carbons (Fsp3) is 0.290. The highest BCUT2D eigenvalue weighted by atomic mass is 79.9. The van der Waals surface area contributed by atoms with E-state index < -0.39 is 45.7 Å². The summed E-state index contributed by atoms with van der Waals surface area (Å²) >= 11 is 3.05. The standard InChI is InChI=1S/C31H32BrF3N2O6S/c1-30(2,3)15-14-20-4-8-22(9-5-20)25(29(39)37-24-12-13-27(26(32)19-24)43-31(33,34)35)18-21-6-10-23(11-7-21)28(38)36-16-17-44(40,41)42/h4-15,19,25H,16-18H2,1-3H3,(H,36,38)(H,37,39)(H,40,41,42)/b15-14+. The first-order chi connectivity index (χ1) is 20.4. The van der Waals surface area contributed by atoms with E-state index in [-0.39, 0.29) is 34.1 Å². The number of alkyl halides is 3. The molecular weight excluding hydrogens is 665 g/mol. The highest BCUT2D eigenvalue weighted by molar-refractivity contribution is 9.10. The molecule has 0 aliphatic carbocycles. The van der Waals surface area contributed by atoms with Crippen molar-refractivity contribution in [3.05, 3.63) is 99.5 Å². The van der Waals surface area contributed by atoms with E-state index in [1.54, 1.807) is 12.1 Å². The van der Waals surface area contributed by atoms with Crippen LogP contribution < -0.4 is 15.4 Å². The number of benzene rings is 3. The quantitative estimate of drug-likeness (QED) is 0.186. The minimum Gasteiger partial charge on any atom is -0.405 e. The Hall–Kier alpha value is -3.68. The number of carbonyl (C=O) groups is 2. The monoisotopic (exact) mass is 696 g/mol. The van der Waals surface area contributed by atoms with Gasteiger partial charge in [-0.3, -0.25) is 14.1 Å². The van der Waals surface area contributed by atoms with Gasteiger partial charge in [-0.15, -0.1) is 13.2 Å². The second-order valence-corrected chi connectivity index (χ2v) is 13.5. The summed E-state index contributed by atoms with van der Waals surface area (Å²) in [4.78, 5) is 25.9. The number of carbonyl (C=O) groups excluding carboxylic acids is 2. The Balaban J connectivity index is 1.83. The van der Waals surface area contributed by atoms with Crippen LogP contribution >= 0.6 is 15.9 Å². The second-order valence-electron chi connectivity index (χ2n) is 11.0. The molecule has 44 heavy (non-hydrogen) atoms. The predicted molar refractivity (Wildman–Crippen MR) is 166 cm³/mol. The topological polar surface area (TPSA) is 122 Å². The summed E-state index contributed by atoms with van der Waals surface area (Å²) < 4.78 is 72.5. The van der Waals surface area contributed by atoms with Crippen molar-refractivity contribution in [3.63, 3.8) is 0 Å². The van der Waals surface area contributed by atoms with Crippen molar-refractivity contribution in [1.29, 1.82) is 0 Å². The van der Waals surface area contributed by atoms with Crippen LogP contribution in [0.15, 0.2) is 77.3 Å². The molecule has 3 aromatic rings. The number of rotatable bonds is 11. The predicted octanol–water partition coefficient (Wildman–Crippen LogP) is 6.99. The number of anilines is 1. The number of halogens is 4. The lowest BCUT2D eigenvalue weighted by Crippen LogP contribution is -2.28. The van der Waals surface area contributed by atoms with Gasteiger partial charge in [0.05, 0.1) is 16.1 Å². The SMILES string of the molecule is CC(C)(C)/C=C/c1ccc(C(Cc2ccc(C(=O)NCCS(=O)(=O)O)cc2)C(=O)Nc2ccc(OC(F)(F)F)c(Br)c2)cc1. The minimum atomic E-state index is -4.87. The van der Waals surface area contributed by atoms with Crippen molar-refractivity contribution in [2.75, 3.05) is 17.6 Å². The summed E-state index contributed by atoms with van der Waals surface area (Å²) in [5, 5.41) is 5.17. The van der Waals surface area contributed by atoms with E-state index >= 15 is 0 Å². The lowest BCUT2D eigenvalue weighted by molar-refractivity contribution is -0.274. The van der Waals surface area contributed by atoms with Crippen molar-refractivity contribution in [1.82, 2.24) is 5.32 Å². The Morgan fingerprint density at radius 3 is 2.18 bits per heavy atom. The van der Waals surface area contributed by atoms with Gasteiger partial charge in [-0.1, -0.05) is 69.3 Å². The van der Waals surface area contributed by atoms with Crippen LogP contribution in [0.25, 0.3) is 6.08 Å². The Labute approximate surface area is 262 Å². The van der Waals surface area contributed by atoms with Crippen LogP contribution in [0.5, 0.6) is 5.75 Å². The number of amides is 2. The first kappa shape index (κ1) is 34.8. The molecule has 8 nitrogen and oxygen atoms in total. The number of allylic oxidation sites excluding steroid dienone is 1. The summed E-state index contributed by atoms with van der Waals surface area (Å²) in [5.74, 6) is -2.72. The highest BCUT2D eigenvalue weighted by Crippen LogP contribution is 2.33. The molecule has 0 aliphatic heterocycles. The van der Waals surface area contributed by atoms with E-state index in [1.807, 2.05) is 30.3 Å². The zero-order chi connectivity index (χ0) is 32.7. The molecule has 0 saturated heterocycles. The zero-order valence-corrected chi connectivity index (χ0v) is 26.5. The van der Waals surface area contributed by atoms with Crippen LogP contribution in [0, 0.1) is 5.41 Å². The molecule has 13 heteroatoms. The summed E-state index contributed by atoms with van der Waals surface area (Å²) in [5.41, 5.74) is 2.84. The normalized spacial score (nSPS) is 13.0. The van der Waals surface area contributed by atoms with E-state index in [2.05, 4.69) is 58.1 Å². The third-order valence-electron chi connectivity index (χ3n) is 6.16. The molecule has 1 atom stereocenters. The molecule has 236 valence electrons. The molecule has 2 amide bonds. The van der Waals surface area contributed by atoms with Gasteiger partial charge in [0.15, 0.2) is 0 Å². The summed E-state index contributed by atoms with van der Waals surface area (Å²) in [7, 11) is -4.21. The van der Waals surface area contributed by atoms with Gasteiger partial charge in [0.1, 0.15) is 5.75 Å². The van der Waals surface area contributed by atoms with Gasteiger partial charge in [-0.05, 0) is 74.8 Å². The van der Waals surface area contributed by atoms with Crippen LogP contribution in [0.2, 0.25) is 0 Å². The van der Waals surface area contributed by atoms with Crippen LogP contribution in [-0.4, -0.2) is 43.4 Å².